The van der Waals surface area contributed by atoms with Crippen LogP contribution in [0.5, 0.6) is 0 Å². The first-order chi connectivity index (χ1) is 6.83. The van der Waals surface area contributed by atoms with Crippen LogP contribution >= 0.6 is 15.9 Å². The minimum Gasteiger partial charge on any atom is -0.388 e. The molecule has 0 aromatic heterocycles. The molecule has 0 heterocycles. The number of alkyl halides is 1. The van der Waals surface area contributed by atoms with Gasteiger partial charge in [0.25, 0.3) is 0 Å². The van der Waals surface area contributed by atoms with Gasteiger partial charge in [-0.15, -0.1) is 0 Å². The van der Waals surface area contributed by atoms with Crippen LogP contribution in [-0.4, -0.2) is 27.5 Å². The first-order valence-corrected chi connectivity index (χ1v) is 6.32. The second-order valence-electron chi connectivity index (χ2n) is 4.94. The lowest BCUT2D eigenvalue weighted by atomic mass is 9.85. The Bertz CT molecular complexity index is 229. The number of carbonyl (C=O) groups excluding carboxylic acids is 1. The fourth-order valence-corrected chi connectivity index (χ4v) is 1.98. The van der Waals surface area contributed by atoms with E-state index in [0.29, 0.717) is 6.54 Å². The van der Waals surface area contributed by atoms with Gasteiger partial charge in [-0.2, -0.15) is 0 Å². The number of rotatable bonds is 3. The van der Waals surface area contributed by atoms with Crippen molar-refractivity contribution < 1.29 is 9.90 Å². The third kappa shape index (κ3) is 4.11. The second-order valence-corrected chi connectivity index (χ2v) is 6.92. The zero-order chi connectivity index (χ0) is 11.5. The van der Waals surface area contributed by atoms with Crippen molar-refractivity contribution in [2.24, 2.45) is 0 Å². The fraction of sp³-hybridized carbons (Fsp3) is 0.909. The summed E-state index contributed by atoms with van der Waals surface area (Å²) < 4.78 is -0.558. The number of carbonyl (C=O) groups is 1. The molecule has 88 valence electrons. The number of hydrogen-bond acceptors (Lipinski definition) is 2. The molecule has 1 rings (SSSR count). The van der Waals surface area contributed by atoms with Crippen molar-refractivity contribution in [2.75, 3.05) is 6.54 Å². The molecule has 15 heavy (non-hydrogen) atoms. The van der Waals surface area contributed by atoms with Gasteiger partial charge >= 0.3 is 0 Å². The van der Waals surface area contributed by atoms with Crippen LogP contribution in [0.4, 0.5) is 0 Å². The van der Waals surface area contributed by atoms with Crippen LogP contribution in [0.3, 0.4) is 0 Å². The number of aliphatic hydroxyl groups is 1. The molecule has 1 aliphatic carbocycles. The molecule has 0 spiro atoms. The first kappa shape index (κ1) is 13.0. The van der Waals surface area contributed by atoms with Gasteiger partial charge < -0.3 is 10.4 Å². The lowest BCUT2D eigenvalue weighted by Gasteiger charge is -2.32. The standard InChI is InChI=1S/C11H20BrNO2/c1-10(2,12)9(14)13-8-11(15)6-4-3-5-7-11/h15H,3-8H2,1-2H3,(H,13,14). The molecule has 0 unspecified atom stereocenters. The summed E-state index contributed by atoms with van der Waals surface area (Å²) in [6.07, 6.45) is 4.92. The second kappa shape index (κ2) is 4.83. The molecule has 0 radical (unpaired) electrons. The van der Waals surface area contributed by atoms with E-state index in [1.807, 2.05) is 0 Å². The van der Waals surface area contributed by atoms with Crippen molar-refractivity contribution >= 4 is 21.8 Å². The van der Waals surface area contributed by atoms with Gasteiger partial charge in [-0.25, -0.2) is 0 Å². The molecule has 0 atom stereocenters. The van der Waals surface area contributed by atoms with Gasteiger partial charge in [0.05, 0.1) is 9.93 Å². The number of halogens is 1. The highest BCUT2D eigenvalue weighted by Crippen LogP contribution is 2.27. The summed E-state index contributed by atoms with van der Waals surface area (Å²) >= 11 is 3.29. The molecule has 1 saturated carbocycles. The Kier molecular flexibility index (Phi) is 4.18. The maximum Gasteiger partial charge on any atom is 0.236 e. The average Bonchev–Trinajstić information content (AvgIpc) is 2.14. The Hall–Kier alpha value is -0.0900. The van der Waals surface area contributed by atoms with E-state index >= 15 is 0 Å². The molecule has 0 aliphatic heterocycles. The van der Waals surface area contributed by atoms with Crippen LogP contribution in [0.25, 0.3) is 0 Å². The van der Waals surface area contributed by atoms with Gasteiger partial charge in [0, 0.05) is 6.54 Å². The summed E-state index contributed by atoms with van der Waals surface area (Å²) in [6.45, 7) is 3.97. The van der Waals surface area contributed by atoms with E-state index in [1.54, 1.807) is 13.8 Å². The predicted molar refractivity (Wildman–Crippen MR) is 64.1 cm³/mol. The average molecular weight is 278 g/mol. The summed E-state index contributed by atoms with van der Waals surface area (Å²) in [6, 6.07) is 0. The summed E-state index contributed by atoms with van der Waals surface area (Å²) in [4.78, 5) is 11.6. The highest BCUT2D eigenvalue weighted by atomic mass is 79.9. The molecule has 1 amide bonds. The lowest BCUT2D eigenvalue weighted by molar-refractivity contribution is -0.124. The maximum absolute atomic E-state index is 11.6. The molecule has 3 nitrogen and oxygen atoms in total. The summed E-state index contributed by atoms with van der Waals surface area (Å²) in [5.41, 5.74) is -0.674. The van der Waals surface area contributed by atoms with Gasteiger partial charge in [-0.3, -0.25) is 4.79 Å². The normalized spacial score (nSPS) is 21.1. The van der Waals surface area contributed by atoms with Gasteiger partial charge in [0.2, 0.25) is 5.91 Å². The fourth-order valence-electron chi connectivity index (χ4n) is 1.84. The minimum atomic E-state index is -0.674. The molecule has 4 heteroatoms. The summed E-state index contributed by atoms with van der Waals surface area (Å²) in [5, 5.41) is 13.0. The molecule has 0 bridgehead atoms. The monoisotopic (exact) mass is 277 g/mol. The zero-order valence-corrected chi connectivity index (χ0v) is 11.1. The molecule has 1 aliphatic rings. The molecule has 1 fully saturated rings. The van der Waals surface area contributed by atoms with E-state index in [0.717, 1.165) is 25.7 Å². The smallest absolute Gasteiger partial charge is 0.236 e. The molecule has 0 aromatic rings. The van der Waals surface area contributed by atoms with Crippen LogP contribution < -0.4 is 5.32 Å². The Morgan fingerprint density at radius 3 is 2.40 bits per heavy atom. The first-order valence-electron chi connectivity index (χ1n) is 5.53. The SMILES string of the molecule is CC(C)(Br)C(=O)NCC1(O)CCCCC1. The number of hydrogen-bond donors (Lipinski definition) is 2. The van der Waals surface area contributed by atoms with Crippen LogP contribution in [-0.2, 0) is 4.79 Å². The van der Waals surface area contributed by atoms with E-state index in [2.05, 4.69) is 21.2 Å². The van der Waals surface area contributed by atoms with E-state index in [-0.39, 0.29) is 5.91 Å². The van der Waals surface area contributed by atoms with Crippen LogP contribution in [0.15, 0.2) is 0 Å². The largest absolute Gasteiger partial charge is 0.388 e. The molecule has 2 N–H and O–H groups in total. The van der Waals surface area contributed by atoms with Gasteiger partial charge in [0.15, 0.2) is 0 Å². The Balaban J connectivity index is 2.38. The van der Waals surface area contributed by atoms with Gasteiger partial charge in [-0.1, -0.05) is 35.2 Å². The van der Waals surface area contributed by atoms with E-state index in [9.17, 15) is 9.90 Å². The van der Waals surface area contributed by atoms with Gasteiger partial charge in [-0.05, 0) is 26.7 Å². The van der Waals surface area contributed by atoms with Gasteiger partial charge in [0.1, 0.15) is 0 Å². The Morgan fingerprint density at radius 1 is 1.40 bits per heavy atom. The van der Waals surface area contributed by atoms with Crippen molar-refractivity contribution in [3.05, 3.63) is 0 Å². The van der Waals surface area contributed by atoms with Crippen LogP contribution in [0.1, 0.15) is 46.0 Å². The van der Waals surface area contributed by atoms with Crippen molar-refractivity contribution in [3.8, 4) is 0 Å². The lowest BCUT2D eigenvalue weighted by Crippen LogP contribution is -2.48. The van der Waals surface area contributed by atoms with Crippen molar-refractivity contribution in [2.45, 2.75) is 55.9 Å². The number of nitrogens with one attached hydrogen (secondary N) is 1. The van der Waals surface area contributed by atoms with Crippen molar-refractivity contribution in [1.82, 2.24) is 5.32 Å². The zero-order valence-electron chi connectivity index (χ0n) is 9.48. The third-order valence-corrected chi connectivity index (χ3v) is 3.26. The molecule has 0 saturated heterocycles. The van der Waals surface area contributed by atoms with Crippen molar-refractivity contribution in [1.29, 1.82) is 0 Å². The molecular weight excluding hydrogens is 258 g/mol. The Morgan fingerprint density at radius 2 is 1.93 bits per heavy atom. The maximum atomic E-state index is 11.6. The molecule has 0 aromatic carbocycles. The highest BCUT2D eigenvalue weighted by molar-refractivity contribution is 9.10. The topological polar surface area (TPSA) is 49.3 Å². The summed E-state index contributed by atoms with van der Waals surface area (Å²) in [5.74, 6) is -0.0681. The van der Waals surface area contributed by atoms with Crippen LogP contribution in [0, 0.1) is 0 Å². The van der Waals surface area contributed by atoms with E-state index in [1.165, 1.54) is 6.42 Å². The van der Waals surface area contributed by atoms with E-state index < -0.39 is 9.93 Å². The quantitative estimate of drug-likeness (QED) is 0.775. The molecular formula is C11H20BrNO2. The number of amides is 1. The van der Waals surface area contributed by atoms with E-state index in [4.69, 9.17) is 0 Å². The van der Waals surface area contributed by atoms with Crippen LogP contribution in [0.2, 0.25) is 0 Å². The highest BCUT2D eigenvalue weighted by Gasteiger charge is 2.31. The third-order valence-electron chi connectivity index (χ3n) is 2.90. The Labute approximate surface area is 99.8 Å². The minimum absolute atomic E-state index is 0.0681. The van der Waals surface area contributed by atoms with Crippen molar-refractivity contribution in [3.63, 3.8) is 0 Å². The summed E-state index contributed by atoms with van der Waals surface area (Å²) in [7, 11) is 0. The predicted octanol–water partition coefficient (Wildman–Crippen LogP) is 1.97.